The Labute approximate surface area is 146 Å². The van der Waals surface area contributed by atoms with Crippen LogP contribution in [-0.2, 0) is 6.61 Å². The maximum Gasteiger partial charge on any atom is 0.336 e. The van der Waals surface area contributed by atoms with E-state index in [1.54, 1.807) is 24.3 Å². The van der Waals surface area contributed by atoms with Crippen molar-refractivity contribution < 1.29 is 14.6 Å². The van der Waals surface area contributed by atoms with Crippen molar-refractivity contribution in [2.45, 2.75) is 6.61 Å². The number of carboxylic acid groups (broad SMARTS) is 1. The fourth-order valence-electron chi connectivity index (χ4n) is 2.34. The van der Waals surface area contributed by atoms with Crippen LogP contribution in [0, 0.1) is 0 Å². The Balaban J connectivity index is 1.91. The molecule has 0 aliphatic carbocycles. The molecule has 116 valence electrons. The van der Waals surface area contributed by atoms with Gasteiger partial charge in [0.25, 0.3) is 0 Å². The molecule has 0 atom stereocenters. The number of fused-ring (bicyclic) bond motifs is 1. The molecule has 3 nitrogen and oxygen atoms in total. The summed E-state index contributed by atoms with van der Waals surface area (Å²) in [6.07, 6.45) is 0. The third-order valence-electron chi connectivity index (χ3n) is 3.50. The second-order valence-corrected chi connectivity index (χ2v) is 6.23. The summed E-state index contributed by atoms with van der Waals surface area (Å²) in [4.78, 5) is 11.3. The predicted molar refractivity (Wildman–Crippen MR) is 94.4 cm³/mol. The van der Waals surface area contributed by atoms with E-state index < -0.39 is 5.97 Å². The topological polar surface area (TPSA) is 46.5 Å². The molecule has 0 aromatic heterocycles. The molecule has 0 fully saturated rings. The zero-order valence-corrected chi connectivity index (χ0v) is 14.3. The summed E-state index contributed by atoms with van der Waals surface area (Å²) in [7, 11) is 0. The van der Waals surface area contributed by atoms with E-state index in [2.05, 4.69) is 15.9 Å². The van der Waals surface area contributed by atoms with Crippen LogP contribution in [0.1, 0.15) is 15.9 Å². The molecule has 0 spiro atoms. The molecule has 0 aliphatic heterocycles. The van der Waals surface area contributed by atoms with Gasteiger partial charge in [-0.25, -0.2) is 4.79 Å². The first kappa shape index (κ1) is 15.8. The Hall–Kier alpha value is -2.04. The van der Waals surface area contributed by atoms with Gasteiger partial charge in [-0.3, -0.25) is 0 Å². The van der Waals surface area contributed by atoms with E-state index in [1.165, 1.54) is 0 Å². The highest BCUT2D eigenvalue weighted by Crippen LogP contribution is 2.35. The lowest BCUT2D eigenvalue weighted by atomic mass is 10.0. The highest BCUT2D eigenvalue weighted by Gasteiger charge is 2.12. The fourth-order valence-corrected chi connectivity index (χ4v) is 3.06. The van der Waals surface area contributed by atoms with Gasteiger partial charge in [-0.05, 0) is 57.2 Å². The Bertz CT molecular complexity index is 875. The standard InChI is InChI=1S/C18H12BrClO3/c19-17-14-2-1-3-15(18(21)22)13(14)8-9-16(17)23-10-11-4-6-12(20)7-5-11/h1-9H,10H2,(H,21,22). The maximum absolute atomic E-state index is 11.3. The van der Waals surface area contributed by atoms with E-state index in [0.29, 0.717) is 22.8 Å². The minimum absolute atomic E-state index is 0.271. The first-order chi connectivity index (χ1) is 11.1. The van der Waals surface area contributed by atoms with Crippen molar-refractivity contribution in [3.8, 4) is 5.75 Å². The van der Waals surface area contributed by atoms with E-state index in [-0.39, 0.29) is 5.56 Å². The molecule has 23 heavy (non-hydrogen) atoms. The Morgan fingerprint density at radius 2 is 1.78 bits per heavy atom. The fraction of sp³-hybridized carbons (Fsp3) is 0.0556. The molecule has 3 aromatic carbocycles. The van der Waals surface area contributed by atoms with Crippen molar-refractivity contribution in [3.63, 3.8) is 0 Å². The molecule has 0 saturated heterocycles. The highest BCUT2D eigenvalue weighted by molar-refractivity contribution is 9.10. The highest BCUT2D eigenvalue weighted by atomic mass is 79.9. The van der Waals surface area contributed by atoms with Gasteiger partial charge < -0.3 is 9.84 Å². The molecule has 0 heterocycles. The summed E-state index contributed by atoms with van der Waals surface area (Å²) in [5.41, 5.74) is 1.27. The van der Waals surface area contributed by atoms with Gasteiger partial charge in [-0.1, -0.05) is 35.9 Å². The summed E-state index contributed by atoms with van der Waals surface area (Å²) in [5.74, 6) is -0.285. The van der Waals surface area contributed by atoms with Gasteiger partial charge in [-0.15, -0.1) is 0 Å². The molecule has 3 aromatic rings. The molecule has 0 bridgehead atoms. The Kier molecular flexibility index (Phi) is 4.55. The molecular formula is C18H12BrClO3. The van der Waals surface area contributed by atoms with E-state index in [4.69, 9.17) is 16.3 Å². The van der Waals surface area contributed by atoms with Gasteiger partial charge in [-0.2, -0.15) is 0 Å². The smallest absolute Gasteiger partial charge is 0.336 e. The van der Waals surface area contributed by atoms with Crippen molar-refractivity contribution in [2.75, 3.05) is 0 Å². The first-order valence-corrected chi connectivity index (χ1v) is 8.05. The average molecular weight is 392 g/mol. The number of aromatic carboxylic acids is 1. The van der Waals surface area contributed by atoms with E-state index in [0.717, 1.165) is 15.4 Å². The zero-order valence-electron chi connectivity index (χ0n) is 11.9. The molecule has 3 rings (SSSR count). The van der Waals surface area contributed by atoms with Crippen LogP contribution in [0.15, 0.2) is 59.1 Å². The summed E-state index contributed by atoms with van der Waals surface area (Å²) < 4.78 is 6.58. The molecule has 0 saturated carbocycles. The molecular weight excluding hydrogens is 380 g/mol. The Morgan fingerprint density at radius 1 is 1.04 bits per heavy atom. The minimum atomic E-state index is -0.947. The van der Waals surface area contributed by atoms with E-state index >= 15 is 0 Å². The normalized spacial score (nSPS) is 10.7. The van der Waals surface area contributed by atoms with Gasteiger partial charge in [0.1, 0.15) is 12.4 Å². The van der Waals surface area contributed by atoms with Crippen molar-refractivity contribution in [1.29, 1.82) is 0 Å². The van der Waals surface area contributed by atoms with Crippen molar-refractivity contribution in [1.82, 2.24) is 0 Å². The quantitative estimate of drug-likeness (QED) is 0.636. The van der Waals surface area contributed by atoms with Crippen molar-refractivity contribution in [2.24, 2.45) is 0 Å². The number of benzene rings is 3. The van der Waals surface area contributed by atoms with Crippen LogP contribution in [0.25, 0.3) is 10.8 Å². The third kappa shape index (κ3) is 3.33. The van der Waals surface area contributed by atoms with Crippen molar-refractivity contribution >= 4 is 44.3 Å². The van der Waals surface area contributed by atoms with Crippen LogP contribution in [0.5, 0.6) is 5.75 Å². The monoisotopic (exact) mass is 390 g/mol. The summed E-state index contributed by atoms with van der Waals surface area (Å²) >= 11 is 9.37. The molecule has 0 amide bonds. The van der Waals surface area contributed by atoms with Crippen LogP contribution in [0.4, 0.5) is 0 Å². The number of ether oxygens (including phenoxy) is 1. The lowest BCUT2D eigenvalue weighted by molar-refractivity contribution is 0.0699. The molecule has 1 N–H and O–H groups in total. The van der Waals surface area contributed by atoms with E-state index in [9.17, 15) is 9.90 Å². The molecule has 5 heteroatoms. The predicted octanol–water partition coefficient (Wildman–Crippen LogP) is 5.53. The zero-order chi connectivity index (χ0) is 16.4. The second kappa shape index (κ2) is 6.60. The number of carbonyl (C=O) groups is 1. The van der Waals surface area contributed by atoms with E-state index in [1.807, 2.05) is 30.3 Å². The minimum Gasteiger partial charge on any atom is -0.488 e. The average Bonchev–Trinajstić information content (AvgIpc) is 2.55. The number of hydrogen-bond acceptors (Lipinski definition) is 2. The van der Waals surface area contributed by atoms with Crippen LogP contribution in [0.2, 0.25) is 5.02 Å². The van der Waals surface area contributed by atoms with Crippen molar-refractivity contribution in [3.05, 3.63) is 75.2 Å². The van der Waals surface area contributed by atoms with Gasteiger partial charge in [0.05, 0.1) is 10.0 Å². The number of rotatable bonds is 4. The SMILES string of the molecule is O=C(O)c1cccc2c(Br)c(OCc3ccc(Cl)cc3)ccc12. The molecule has 0 unspecified atom stereocenters. The van der Waals surface area contributed by atoms with Crippen LogP contribution < -0.4 is 4.74 Å². The summed E-state index contributed by atoms with van der Waals surface area (Å²) in [6.45, 7) is 0.403. The molecule has 0 aliphatic rings. The number of hydrogen-bond donors (Lipinski definition) is 1. The molecule has 0 radical (unpaired) electrons. The first-order valence-electron chi connectivity index (χ1n) is 6.88. The van der Waals surface area contributed by atoms with Gasteiger partial charge in [0.15, 0.2) is 0 Å². The number of carboxylic acids is 1. The summed E-state index contributed by atoms with van der Waals surface area (Å²) in [6, 6.07) is 16.1. The Morgan fingerprint density at radius 3 is 2.48 bits per heavy atom. The lowest BCUT2D eigenvalue weighted by Gasteiger charge is -2.11. The largest absolute Gasteiger partial charge is 0.488 e. The van der Waals surface area contributed by atoms with Gasteiger partial charge >= 0.3 is 5.97 Å². The van der Waals surface area contributed by atoms with Crippen LogP contribution >= 0.6 is 27.5 Å². The second-order valence-electron chi connectivity index (χ2n) is 5.00. The van der Waals surface area contributed by atoms with Crippen LogP contribution in [0.3, 0.4) is 0 Å². The third-order valence-corrected chi connectivity index (χ3v) is 4.57. The van der Waals surface area contributed by atoms with Gasteiger partial charge in [0.2, 0.25) is 0 Å². The lowest BCUT2D eigenvalue weighted by Crippen LogP contribution is -1.99. The van der Waals surface area contributed by atoms with Crippen LogP contribution in [-0.4, -0.2) is 11.1 Å². The summed E-state index contributed by atoms with van der Waals surface area (Å²) in [5, 5.41) is 11.4. The van der Waals surface area contributed by atoms with Gasteiger partial charge in [0, 0.05) is 10.4 Å². The number of halogens is 2. The maximum atomic E-state index is 11.3.